The first-order chi connectivity index (χ1) is 10.5. The van der Waals surface area contributed by atoms with Crippen LogP contribution in [0.4, 0.5) is 0 Å². The molecule has 0 atom stereocenters. The molecule has 0 unspecified atom stereocenters. The summed E-state index contributed by atoms with van der Waals surface area (Å²) in [5.74, 6) is -0.387. The molecule has 22 heavy (non-hydrogen) atoms. The van der Waals surface area contributed by atoms with Crippen LogP contribution in [0.3, 0.4) is 0 Å². The fourth-order valence-electron chi connectivity index (χ4n) is 2.17. The van der Waals surface area contributed by atoms with Crippen LogP contribution in [0.15, 0.2) is 34.7 Å². The summed E-state index contributed by atoms with van der Waals surface area (Å²) in [5, 5.41) is 11.7. The first kappa shape index (κ1) is 15.8. The average Bonchev–Trinajstić information content (AvgIpc) is 2.87. The zero-order valence-corrected chi connectivity index (χ0v) is 12.7. The minimum Gasteiger partial charge on any atom is -0.478 e. The molecule has 2 N–H and O–H groups in total. The number of carbonyl (C=O) groups is 2. The minimum absolute atomic E-state index is 0.124. The molecule has 2 aromatic rings. The molecule has 1 aromatic carbocycles. The van der Waals surface area contributed by atoms with Crippen molar-refractivity contribution in [3.63, 3.8) is 0 Å². The summed E-state index contributed by atoms with van der Waals surface area (Å²) in [6.07, 6.45) is 1.26. The lowest BCUT2D eigenvalue weighted by Crippen LogP contribution is -2.24. The van der Waals surface area contributed by atoms with Crippen LogP contribution in [0, 0.1) is 6.92 Å². The number of rotatable bonds is 6. The molecule has 1 aromatic heterocycles. The van der Waals surface area contributed by atoms with Crippen molar-refractivity contribution in [2.24, 2.45) is 0 Å². The molecule has 0 spiro atoms. The Bertz CT molecular complexity index is 670. The van der Waals surface area contributed by atoms with Crippen LogP contribution in [0.25, 0.3) is 0 Å². The number of hydrogen-bond donors (Lipinski definition) is 2. The van der Waals surface area contributed by atoms with E-state index >= 15 is 0 Å². The molecule has 2 rings (SSSR count). The van der Waals surface area contributed by atoms with Gasteiger partial charge in [0.1, 0.15) is 17.1 Å². The van der Waals surface area contributed by atoms with Crippen LogP contribution in [0.1, 0.15) is 39.9 Å². The van der Waals surface area contributed by atoms with E-state index in [-0.39, 0.29) is 24.4 Å². The highest BCUT2D eigenvalue weighted by atomic mass is 16.4. The van der Waals surface area contributed by atoms with Crippen molar-refractivity contribution in [3.8, 4) is 0 Å². The van der Waals surface area contributed by atoms with E-state index < -0.39 is 5.97 Å². The number of amides is 1. The number of furan rings is 1. The van der Waals surface area contributed by atoms with Crippen molar-refractivity contribution in [3.05, 3.63) is 58.5 Å². The summed E-state index contributed by atoms with van der Waals surface area (Å²) in [4.78, 5) is 22.8. The summed E-state index contributed by atoms with van der Waals surface area (Å²) in [5.41, 5.74) is 2.30. The lowest BCUT2D eigenvalue weighted by molar-refractivity contribution is -0.120. The zero-order valence-electron chi connectivity index (χ0n) is 12.7. The number of carboxylic acids is 1. The maximum atomic E-state index is 11.9. The molecule has 0 saturated carbocycles. The van der Waals surface area contributed by atoms with Gasteiger partial charge in [-0.1, -0.05) is 31.2 Å². The number of carboxylic acid groups (broad SMARTS) is 1. The zero-order chi connectivity index (χ0) is 16.1. The number of nitrogens with one attached hydrogen (secondary N) is 1. The summed E-state index contributed by atoms with van der Waals surface area (Å²) in [7, 11) is 0. The Morgan fingerprint density at radius 1 is 1.18 bits per heavy atom. The highest BCUT2D eigenvalue weighted by molar-refractivity contribution is 5.88. The second-order valence-corrected chi connectivity index (χ2v) is 5.11. The molecule has 5 nitrogen and oxygen atoms in total. The molecule has 1 heterocycles. The lowest BCUT2D eigenvalue weighted by Gasteiger charge is -2.04. The van der Waals surface area contributed by atoms with Crippen molar-refractivity contribution >= 4 is 11.9 Å². The van der Waals surface area contributed by atoms with E-state index in [1.165, 1.54) is 11.6 Å². The Morgan fingerprint density at radius 2 is 1.82 bits per heavy atom. The second-order valence-electron chi connectivity index (χ2n) is 5.11. The van der Waals surface area contributed by atoms with Crippen LogP contribution in [0.5, 0.6) is 0 Å². The molecule has 0 aliphatic rings. The van der Waals surface area contributed by atoms with E-state index in [1.54, 1.807) is 6.92 Å². The molecule has 0 radical (unpaired) electrons. The van der Waals surface area contributed by atoms with Crippen molar-refractivity contribution in [1.29, 1.82) is 0 Å². The number of carbonyl (C=O) groups excluding carboxylic acids is 1. The highest BCUT2D eigenvalue weighted by Crippen LogP contribution is 2.14. The van der Waals surface area contributed by atoms with Gasteiger partial charge in [-0.25, -0.2) is 4.79 Å². The highest BCUT2D eigenvalue weighted by Gasteiger charge is 2.14. The molecule has 0 saturated heterocycles. The standard InChI is InChI=1S/C17H19NO4/c1-3-12-4-6-13(7-5-12)8-16(19)18-10-14-9-15(17(20)21)11(2)22-14/h4-7,9H,3,8,10H2,1-2H3,(H,18,19)(H,20,21). The van der Waals surface area contributed by atoms with Crippen molar-refractivity contribution < 1.29 is 19.1 Å². The molecule has 5 heteroatoms. The molecule has 1 amide bonds. The predicted octanol–water partition coefficient (Wildman–Crippen LogP) is 2.71. The number of aryl methyl sites for hydroxylation is 2. The van der Waals surface area contributed by atoms with Gasteiger partial charge in [-0.05, 0) is 30.5 Å². The second kappa shape index (κ2) is 6.93. The molecule has 0 bridgehead atoms. The Kier molecular flexibility index (Phi) is 4.99. The molecule has 0 fully saturated rings. The van der Waals surface area contributed by atoms with E-state index in [4.69, 9.17) is 9.52 Å². The summed E-state index contributed by atoms with van der Waals surface area (Å²) in [6.45, 7) is 3.85. The number of aromatic carboxylic acids is 1. The maximum Gasteiger partial charge on any atom is 0.339 e. The fraction of sp³-hybridized carbons (Fsp3) is 0.294. The Balaban J connectivity index is 1.89. The maximum absolute atomic E-state index is 11.9. The van der Waals surface area contributed by atoms with Gasteiger partial charge in [0.15, 0.2) is 0 Å². The van der Waals surface area contributed by atoms with Crippen LogP contribution < -0.4 is 5.32 Å². The fourth-order valence-corrected chi connectivity index (χ4v) is 2.17. The van der Waals surface area contributed by atoms with Gasteiger partial charge in [-0.15, -0.1) is 0 Å². The van der Waals surface area contributed by atoms with E-state index in [0.29, 0.717) is 11.5 Å². The van der Waals surface area contributed by atoms with Gasteiger partial charge < -0.3 is 14.8 Å². The summed E-state index contributed by atoms with van der Waals surface area (Å²) in [6, 6.07) is 9.35. The third kappa shape index (κ3) is 3.97. The van der Waals surface area contributed by atoms with Crippen molar-refractivity contribution in [2.45, 2.75) is 33.2 Å². The predicted molar refractivity (Wildman–Crippen MR) is 81.8 cm³/mol. The smallest absolute Gasteiger partial charge is 0.339 e. The first-order valence-corrected chi connectivity index (χ1v) is 7.16. The van der Waals surface area contributed by atoms with Gasteiger partial charge in [0.05, 0.1) is 13.0 Å². The monoisotopic (exact) mass is 301 g/mol. The van der Waals surface area contributed by atoms with Crippen molar-refractivity contribution in [2.75, 3.05) is 0 Å². The number of benzene rings is 1. The Hall–Kier alpha value is -2.56. The van der Waals surface area contributed by atoms with Gasteiger partial charge in [-0.3, -0.25) is 4.79 Å². The van der Waals surface area contributed by atoms with Gasteiger partial charge in [0.25, 0.3) is 0 Å². The first-order valence-electron chi connectivity index (χ1n) is 7.16. The molecule has 0 aliphatic carbocycles. The van der Waals surface area contributed by atoms with Gasteiger partial charge in [0, 0.05) is 0 Å². The van der Waals surface area contributed by atoms with Gasteiger partial charge in [-0.2, -0.15) is 0 Å². The SMILES string of the molecule is CCc1ccc(CC(=O)NCc2cc(C(=O)O)c(C)o2)cc1. The third-order valence-corrected chi connectivity index (χ3v) is 3.45. The van der Waals surface area contributed by atoms with Crippen LogP contribution in [0.2, 0.25) is 0 Å². The Morgan fingerprint density at radius 3 is 2.36 bits per heavy atom. The van der Waals surface area contributed by atoms with Crippen molar-refractivity contribution in [1.82, 2.24) is 5.32 Å². The average molecular weight is 301 g/mol. The summed E-state index contributed by atoms with van der Waals surface area (Å²) >= 11 is 0. The molecular weight excluding hydrogens is 282 g/mol. The normalized spacial score (nSPS) is 10.5. The number of hydrogen-bond acceptors (Lipinski definition) is 3. The van der Waals surface area contributed by atoms with E-state index in [9.17, 15) is 9.59 Å². The quantitative estimate of drug-likeness (QED) is 0.859. The summed E-state index contributed by atoms with van der Waals surface area (Å²) < 4.78 is 5.31. The largest absolute Gasteiger partial charge is 0.478 e. The topological polar surface area (TPSA) is 79.5 Å². The molecule has 0 aliphatic heterocycles. The van der Waals surface area contributed by atoms with Crippen LogP contribution >= 0.6 is 0 Å². The molecular formula is C17H19NO4. The van der Waals surface area contributed by atoms with Gasteiger partial charge >= 0.3 is 5.97 Å². The van der Waals surface area contributed by atoms with E-state index in [1.807, 2.05) is 24.3 Å². The third-order valence-electron chi connectivity index (χ3n) is 3.45. The Labute approximate surface area is 129 Å². The van der Waals surface area contributed by atoms with E-state index in [2.05, 4.69) is 12.2 Å². The minimum atomic E-state index is -1.03. The molecule has 116 valence electrons. The lowest BCUT2D eigenvalue weighted by atomic mass is 10.1. The van der Waals surface area contributed by atoms with Crippen LogP contribution in [-0.2, 0) is 24.2 Å². The van der Waals surface area contributed by atoms with Gasteiger partial charge in [0.2, 0.25) is 5.91 Å². The van der Waals surface area contributed by atoms with Crippen LogP contribution in [-0.4, -0.2) is 17.0 Å². The van der Waals surface area contributed by atoms with E-state index in [0.717, 1.165) is 12.0 Å².